The fraction of sp³-hybridized carbons (Fsp3) is 0.0625. The average molecular weight is 284 g/mol. The lowest BCUT2D eigenvalue weighted by molar-refractivity contribution is 0.101. The van der Waals surface area contributed by atoms with Crippen LogP contribution in [0.5, 0.6) is 11.5 Å². The summed E-state index contributed by atoms with van der Waals surface area (Å²) in [5.41, 5.74) is 12.3. The van der Waals surface area contributed by atoms with E-state index in [1.165, 1.54) is 31.2 Å². The Morgan fingerprint density at radius 3 is 2.52 bits per heavy atom. The minimum Gasteiger partial charge on any atom is -0.453 e. The summed E-state index contributed by atoms with van der Waals surface area (Å²) < 4.78 is 19.3. The summed E-state index contributed by atoms with van der Waals surface area (Å²) in [4.78, 5) is 11.5. The number of nitrogens with two attached hydrogens (primary N) is 2. The monoisotopic (exact) mass is 284 g/mol. The number of carbonyl (C=O) groups excluding carboxylic acids is 1. The minimum absolute atomic E-state index is 0.121. The molecule has 0 unspecified atom stereocenters. The molecule has 5 heteroatoms. The fourth-order valence-electron chi connectivity index (χ4n) is 1.84. The van der Waals surface area contributed by atoms with E-state index in [0.717, 1.165) is 6.07 Å². The molecule has 4 nitrogen and oxygen atoms in total. The van der Waals surface area contributed by atoms with Crippen LogP contribution in [0.2, 0.25) is 0 Å². The van der Waals surface area contributed by atoms with Gasteiger partial charge >= 0.3 is 0 Å². The van der Waals surface area contributed by atoms with Crippen LogP contribution in [0.3, 0.4) is 0 Å². The number of hydrogen-bond donors (Lipinski definition) is 2. The molecule has 2 rings (SSSR count). The number of halogens is 1. The van der Waals surface area contributed by atoms with Gasteiger partial charge < -0.3 is 16.2 Å². The molecule has 4 N–H and O–H groups in total. The van der Waals surface area contributed by atoms with E-state index in [4.69, 9.17) is 22.6 Å². The lowest BCUT2D eigenvalue weighted by atomic mass is 10.1. The maximum Gasteiger partial charge on any atom is 0.180 e. The number of hydrogen-bond acceptors (Lipinski definition) is 4. The van der Waals surface area contributed by atoms with Gasteiger partial charge in [0.2, 0.25) is 0 Å². The molecule has 0 heterocycles. The smallest absolute Gasteiger partial charge is 0.180 e. The summed E-state index contributed by atoms with van der Waals surface area (Å²) in [5, 5.41) is 0. The summed E-state index contributed by atoms with van der Waals surface area (Å²) in [5.74, 6) is 1.52. The van der Waals surface area contributed by atoms with E-state index in [0.29, 0.717) is 11.3 Å². The Labute approximate surface area is 121 Å². The molecule has 0 radical (unpaired) electrons. The maximum absolute atomic E-state index is 13.9. The van der Waals surface area contributed by atoms with Crippen LogP contribution in [-0.2, 0) is 0 Å². The molecule has 0 aliphatic carbocycles. The van der Waals surface area contributed by atoms with Crippen LogP contribution in [0.25, 0.3) is 0 Å². The molecule has 2 aromatic carbocycles. The normalized spacial score (nSPS) is 9.95. The van der Waals surface area contributed by atoms with Gasteiger partial charge in [-0.05, 0) is 37.3 Å². The molecule has 0 spiro atoms. The molecule has 0 atom stereocenters. The zero-order valence-electron chi connectivity index (χ0n) is 11.3. The molecule has 0 saturated carbocycles. The van der Waals surface area contributed by atoms with Crippen molar-refractivity contribution in [1.82, 2.24) is 0 Å². The molecule has 21 heavy (non-hydrogen) atoms. The highest BCUT2D eigenvalue weighted by molar-refractivity contribution is 5.99. The summed E-state index contributed by atoms with van der Waals surface area (Å²) in [6, 6.07) is 6.98. The molecule has 0 aromatic heterocycles. The maximum atomic E-state index is 13.9. The lowest BCUT2D eigenvalue weighted by Gasteiger charge is -2.12. The van der Waals surface area contributed by atoms with Crippen molar-refractivity contribution in [2.24, 2.45) is 0 Å². The van der Waals surface area contributed by atoms with Crippen LogP contribution in [0.4, 0.5) is 15.8 Å². The molecule has 0 bridgehead atoms. The van der Waals surface area contributed by atoms with Crippen LogP contribution in [0, 0.1) is 18.2 Å². The second kappa shape index (κ2) is 5.55. The Bertz CT molecular complexity index is 764. The Balaban J connectivity index is 2.49. The molecule has 106 valence electrons. The number of Topliss-reactive ketones (excluding diaryl/α,β-unsaturated/α-hetero) is 1. The topological polar surface area (TPSA) is 78.3 Å². The van der Waals surface area contributed by atoms with Gasteiger partial charge in [-0.3, -0.25) is 4.79 Å². The van der Waals surface area contributed by atoms with Crippen LogP contribution >= 0.6 is 0 Å². The van der Waals surface area contributed by atoms with Crippen LogP contribution in [0.1, 0.15) is 22.8 Å². The second-order valence-electron chi connectivity index (χ2n) is 4.39. The van der Waals surface area contributed by atoms with Gasteiger partial charge in [0.25, 0.3) is 0 Å². The first kappa shape index (κ1) is 14.4. The van der Waals surface area contributed by atoms with Gasteiger partial charge in [-0.2, -0.15) is 0 Å². The van der Waals surface area contributed by atoms with Crippen molar-refractivity contribution in [2.45, 2.75) is 6.92 Å². The number of ether oxygens (including phenoxy) is 1. The molecule has 0 aliphatic heterocycles. The summed E-state index contributed by atoms with van der Waals surface area (Å²) >= 11 is 0. The number of carbonyl (C=O) groups is 1. The molecule has 2 aromatic rings. The van der Waals surface area contributed by atoms with E-state index in [1.807, 2.05) is 0 Å². The van der Waals surface area contributed by atoms with Gasteiger partial charge in [0.1, 0.15) is 5.75 Å². The minimum atomic E-state index is -0.640. The zero-order chi connectivity index (χ0) is 15.6. The van der Waals surface area contributed by atoms with Crippen molar-refractivity contribution in [3.63, 3.8) is 0 Å². The molecule has 0 aliphatic rings. The third-order valence-electron chi connectivity index (χ3n) is 2.91. The average Bonchev–Trinajstić information content (AvgIpc) is 2.44. The number of ketones is 1. The van der Waals surface area contributed by atoms with E-state index < -0.39 is 5.82 Å². The number of rotatable bonds is 3. The highest BCUT2D eigenvalue weighted by atomic mass is 19.1. The van der Waals surface area contributed by atoms with Crippen LogP contribution in [-0.4, -0.2) is 5.78 Å². The van der Waals surface area contributed by atoms with Gasteiger partial charge in [0, 0.05) is 11.3 Å². The van der Waals surface area contributed by atoms with E-state index in [9.17, 15) is 9.18 Å². The fourth-order valence-corrected chi connectivity index (χ4v) is 1.84. The Morgan fingerprint density at radius 2 is 1.90 bits per heavy atom. The van der Waals surface area contributed by atoms with Crippen molar-refractivity contribution in [3.8, 4) is 23.8 Å². The van der Waals surface area contributed by atoms with Gasteiger partial charge in [-0.15, -0.1) is 6.42 Å². The first-order valence-electron chi connectivity index (χ1n) is 6.07. The SMILES string of the molecule is C#Cc1c(N)ccc(F)c1Oc1ccc(N)c(C(C)=O)c1. The standard InChI is InChI=1S/C16H13FN2O2/c1-3-11-14(18)7-5-13(17)16(11)21-10-4-6-15(19)12(8-10)9(2)20/h1,4-8H,18-19H2,2H3. The molecule has 0 saturated heterocycles. The van der Waals surface area contributed by atoms with E-state index in [-0.39, 0.29) is 28.5 Å². The van der Waals surface area contributed by atoms with Crippen molar-refractivity contribution < 1.29 is 13.9 Å². The third-order valence-corrected chi connectivity index (χ3v) is 2.91. The Hall–Kier alpha value is -3.00. The Kier molecular flexibility index (Phi) is 3.81. The lowest BCUT2D eigenvalue weighted by Crippen LogP contribution is -2.01. The number of terminal acetylenes is 1. The number of nitrogen functional groups attached to an aromatic ring is 2. The van der Waals surface area contributed by atoms with Crippen molar-refractivity contribution in [1.29, 1.82) is 0 Å². The first-order chi connectivity index (χ1) is 9.93. The number of benzene rings is 2. The summed E-state index contributed by atoms with van der Waals surface area (Å²) in [6.45, 7) is 1.38. The number of anilines is 2. The first-order valence-corrected chi connectivity index (χ1v) is 6.07. The van der Waals surface area contributed by atoms with Crippen molar-refractivity contribution >= 4 is 17.2 Å². The van der Waals surface area contributed by atoms with Crippen molar-refractivity contribution in [2.75, 3.05) is 11.5 Å². The summed E-state index contributed by atoms with van der Waals surface area (Å²) in [7, 11) is 0. The van der Waals surface area contributed by atoms with E-state index in [1.54, 1.807) is 0 Å². The molecule has 0 amide bonds. The van der Waals surface area contributed by atoms with E-state index >= 15 is 0 Å². The van der Waals surface area contributed by atoms with Crippen molar-refractivity contribution in [3.05, 3.63) is 47.3 Å². The molecular formula is C16H13FN2O2. The predicted molar refractivity (Wildman–Crippen MR) is 79.7 cm³/mol. The second-order valence-corrected chi connectivity index (χ2v) is 4.39. The molecule has 0 fully saturated rings. The highest BCUT2D eigenvalue weighted by Gasteiger charge is 2.14. The van der Waals surface area contributed by atoms with Gasteiger partial charge in [-0.25, -0.2) is 4.39 Å². The predicted octanol–water partition coefficient (Wildman–Crippen LogP) is 2.97. The van der Waals surface area contributed by atoms with Gasteiger partial charge in [0.05, 0.1) is 11.3 Å². The zero-order valence-corrected chi connectivity index (χ0v) is 11.3. The highest BCUT2D eigenvalue weighted by Crippen LogP contribution is 2.32. The van der Waals surface area contributed by atoms with Gasteiger partial charge in [-0.1, -0.05) is 5.92 Å². The van der Waals surface area contributed by atoms with Gasteiger partial charge in [0.15, 0.2) is 17.3 Å². The third kappa shape index (κ3) is 2.79. The summed E-state index contributed by atoms with van der Waals surface area (Å²) in [6.07, 6.45) is 5.33. The van der Waals surface area contributed by atoms with Crippen LogP contribution < -0.4 is 16.2 Å². The molecular weight excluding hydrogens is 271 g/mol. The largest absolute Gasteiger partial charge is 0.453 e. The quantitative estimate of drug-likeness (QED) is 0.516. The Morgan fingerprint density at radius 1 is 1.24 bits per heavy atom. The van der Waals surface area contributed by atoms with Crippen LogP contribution in [0.15, 0.2) is 30.3 Å². The van der Waals surface area contributed by atoms with E-state index in [2.05, 4.69) is 5.92 Å².